The number of nitrogens with zero attached hydrogens (tertiary/aromatic N) is 7. The van der Waals surface area contributed by atoms with Crippen LogP contribution in [0.15, 0.2) is 122 Å². The molecule has 1 aliphatic heterocycles. The molecule has 9 heteroatoms. The summed E-state index contributed by atoms with van der Waals surface area (Å²) in [5.74, 6) is 0. The van der Waals surface area contributed by atoms with Crippen molar-refractivity contribution in [3.05, 3.63) is 108 Å². The molecular formula is C29H23N7S2. The second-order valence-electron chi connectivity index (χ2n) is 8.83. The van der Waals surface area contributed by atoms with E-state index in [0.29, 0.717) is 15.2 Å². The first-order valence-electron chi connectivity index (χ1n) is 12.2. The topological polar surface area (TPSA) is 78.5 Å². The molecule has 0 saturated carbocycles. The number of azo groups is 2. The normalized spacial score (nSPS) is 13.0. The molecule has 2 heterocycles. The maximum atomic E-state index is 4.45. The molecule has 0 spiro atoms. The molecule has 0 aliphatic carbocycles. The van der Waals surface area contributed by atoms with Crippen molar-refractivity contribution in [2.24, 2.45) is 20.5 Å². The van der Waals surface area contributed by atoms with Crippen LogP contribution in [0.25, 0.3) is 11.1 Å². The van der Waals surface area contributed by atoms with Gasteiger partial charge in [-0.3, -0.25) is 0 Å². The van der Waals surface area contributed by atoms with E-state index in [-0.39, 0.29) is 0 Å². The number of aromatic nitrogens is 2. The number of rotatable bonds is 7. The Morgan fingerprint density at radius 1 is 0.711 bits per heavy atom. The first-order chi connectivity index (χ1) is 18.7. The van der Waals surface area contributed by atoms with Crippen molar-refractivity contribution >= 4 is 51.8 Å². The number of thiol groups is 1. The molecule has 6 rings (SSSR count). The van der Waals surface area contributed by atoms with Crippen LogP contribution in [-0.4, -0.2) is 16.7 Å². The van der Waals surface area contributed by atoms with Crippen molar-refractivity contribution in [2.75, 3.05) is 11.4 Å². The molecule has 0 saturated heterocycles. The Labute approximate surface area is 230 Å². The van der Waals surface area contributed by atoms with Crippen molar-refractivity contribution in [2.45, 2.75) is 17.3 Å². The van der Waals surface area contributed by atoms with Crippen molar-refractivity contribution in [3.8, 4) is 11.1 Å². The zero-order valence-corrected chi connectivity index (χ0v) is 22.1. The van der Waals surface area contributed by atoms with Gasteiger partial charge in [0.25, 0.3) is 5.13 Å². The lowest BCUT2D eigenvalue weighted by Gasteiger charge is -2.19. The van der Waals surface area contributed by atoms with Gasteiger partial charge in [0.15, 0.2) is 4.34 Å². The molecule has 38 heavy (non-hydrogen) atoms. The van der Waals surface area contributed by atoms with Crippen LogP contribution < -0.4 is 4.90 Å². The third kappa shape index (κ3) is 5.69. The van der Waals surface area contributed by atoms with Gasteiger partial charge in [0.1, 0.15) is 0 Å². The minimum absolute atomic E-state index is 0.468. The van der Waals surface area contributed by atoms with Gasteiger partial charge in [-0.1, -0.05) is 65.9 Å². The van der Waals surface area contributed by atoms with Crippen LogP contribution >= 0.6 is 24.0 Å². The third-order valence-corrected chi connectivity index (χ3v) is 7.25. The fraction of sp³-hybridized carbons (Fsp3) is 0.103. The quantitative estimate of drug-likeness (QED) is 0.168. The van der Waals surface area contributed by atoms with Gasteiger partial charge in [-0.15, -0.1) is 33.1 Å². The fourth-order valence-electron chi connectivity index (χ4n) is 4.39. The van der Waals surface area contributed by atoms with Crippen molar-refractivity contribution < 1.29 is 0 Å². The number of anilines is 1. The van der Waals surface area contributed by atoms with Gasteiger partial charge in [0.2, 0.25) is 0 Å². The van der Waals surface area contributed by atoms with Crippen molar-refractivity contribution in [1.29, 1.82) is 0 Å². The summed E-state index contributed by atoms with van der Waals surface area (Å²) in [6.07, 6.45) is 1.00. The third-order valence-electron chi connectivity index (χ3n) is 6.27. The lowest BCUT2D eigenvalue weighted by molar-refractivity contribution is 0.836. The molecular weight excluding hydrogens is 511 g/mol. The standard InChI is InChI=1S/C29H23N7S2/c37-29-35-34-28(38-29)33-31-25-12-10-24(11-13-25)30-32-26-14-15-27-23(18-26)16-17-36(27)19-20-6-8-22(9-7-20)21-4-2-1-3-5-21/h1-15,18H,16-17,19H2,(H,35,37). The summed E-state index contributed by atoms with van der Waals surface area (Å²) in [4.78, 5) is 2.43. The molecule has 0 atom stereocenters. The second kappa shape index (κ2) is 11.0. The molecule has 0 amide bonds. The Morgan fingerprint density at radius 2 is 1.37 bits per heavy atom. The van der Waals surface area contributed by atoms with Gasteiger partial charge in [-0.25, -0.2) is 0 Å². The Balaban J connectivity index is 1.08. The molecule has 0 fully saturated rings. The average molecular weight is 534 g/mol. The molecule has 4 aromatic carbocycles. The van der Waals surface area contributed by atoms with Crippen LogP contribution in [0.1, 0.15) is 11.1 Å². The molecule has 5 aromatic rings. The van der Waals surface area contributed by atoms with E-state index in [2.05, 4.69) is 109 Å². The number of hydrogen-bond donors (Lipinski definition) is 1. The summed E-state index contributed by atoms with van der Waals surface area (Å²) in [7, 11) is 0. The highest BCUT2D eigenvalue weighted by Crippen LogP contribution is 2.33. The first kappa shape index (κ1) is 24.1. The van der Waals surface area contributed by atoms with Crippen LogP contribution in [0.3, 0.4) is 0 Å². The smallest absolute Gasteiger partial charge is 0.252 e. The van der Waals surface area contributed by atoms with Crippen LogP contribution in [0.5, 0.6) is 0 Å². The first-order valence-corrected chi connectivity index (χ1v) is 13.4. The van der Waals surface area contributed by atoms with E-state index < -0.39 is 0 Å². The summed E-state index contributed by atoms with van der Waals surface area (Å²) in [5, 5.41) is 25.2. The van der Waals surface area contributed by atoms with E-state index >= 15 is 0 Å². The Morgan fingerprint density at radius 3 is 2.08 bits per heavy atom. The second-order valence-corrected chi connectivity index (χ2v) is 10.5. The number of benzene rings is 4. The fourth-order valence-corrected chi connectivity index (χ4v) is 5.08. The maximum Gasteiger partial charge on any atom is 0.252 e. The zero-order chi connectivity index (χ0) is 25.7. The predicted molar refractivity (Wildman–Crippen MR) is 155 cm³/mol. The molecule has 7 nitrogen and oxygen atoms in total. The summed E-state index contributed by atoms with van der Waals surface area (Å²) in [6, 6.07) is 33.1. The number of hydrogen-bond acceptors (Lipinski definition) is 9. The Hall–Kier alpha value is -4.21. The molecule has 0 bridgehead atoms. The SMILES string of the molecule is Sc1nnc(N=Nc2ccc(N=Nc3ccc4c(c3)CCN4Cc3ccc(-c4ccccc4)cc3)cc2)s1. The van der Waals surface area contributed by atoms with Crippen LogP contribution in [0.4, 0.5) is 27.9 Å². The summed E-state index contributed by atoms with van der Waals surface area (Å²) < 4.78 is 0.558. The average Bonchev–Trinajstić information content (AvgIpc) is 3.57. The molecule has 0 unspecified atom stereocenters. The van der Waals surface area contributed by atoms with Crippen molar-refractivity contribution in [1.82, 2.24) is 10.2 Å². The van der Waals surface area contributed by atoms with Crippen LogP contribution in [0, 0.1) is 0 Å². The molecule has 1 aliphatic rings. The van der Waals surface area contributed by atoms with Gasteiger partial charge >= 0.3 is 0 Å². The van der Waals surface area contributed by atoms with E-state index in [0.717, 1.165) is 30.9 Å². The van der Waals surface area contributed by atoms with Gasteiger partial charge in [0, 0.05) is 18.8 Å². The minimum atomic E-state index is 0.468. The summed E-state index contributed by atoms with van der Waals surface area (Å²) in [6.45, 7) is 1.89. The molecule has 0 radical (unpaired) electrons. The van der Waals surface area contributed by atoms with E-state index in [1.165, 1.54) is 39.3 Å². The highest BCUT2D eigenvalue weighted by atomic mass is 32.2. The van der Waals surface area contributed by atoms with Gasteiger partial charge in [-0.2, -0.15) is 10.2 Å². The van der Waals surface area contributed by atoms with Gasteiger partial charge < -0.3 is 4.90 Å². The Kier molecular flexibility index (Phi) is 7.01. The zero-order valence-electron chi connectivity index (χ0n) is 20.3. The van der Waals surface area contributed by atoms with Crippen molar-refractivity contribution in [3.63, 3.8) is 0 Å². The summed E-state index contributed by atoms with van der Waals surface area (Å²) >= 11 is 5.40. The van der Waals surface area contributed by atoms with Crippen LogP contribution in [0.2, 0.25) is 0 Å². The van der Waals surface area contributed by atoms with E-state index in [1.54, 1.807) is 0 Å². The minimum Gasteiger partial charge on any atom is -0.367 e. The summed E-state index contributed by atoms with van der Waals surface area (Å²) in [5.41, 5.74) is 8.66. The Bertz CT molecular complexity index is 1590. The largest absolute Gasteiger partial charge is 0.367 e. The highest BCUT2D eigenvalue weighted by molar-refractivity contribution is 7.82. The van der Waals surface area contributed by atoms with Gasteiger partial charge in [0.05, 0.1) is 17.1 Å². The van der Waals surface area contributed by atoms with Crippen LogP contribution in [-0.2, 0) is 13.0 Å². The van der Waals surface area contributed by atoms with E-state index in [4.69, 9.17) is 0 Å². The monoisotopic (exact) mass is 533 g/mol. The maximum absolute atomic E-state index is 4.45. The lowest BCUT2D eigenvalue weighted by Crippen LogP contribution is -2.19. The molecule has 0 N–H and O–H groups in total. The molecule has 186 valence electrons. The predicted octanol–water partition coefficient (Wildman–Crippen LogP) is 8.89. The highest BCUT2D eigenvalue weighted by Gasteiger charge is 2.19. The van der Waals surface area contributed by atoms with Gasteiger partial charge in [-0.05, 0) is 71.1 Å². The van der Waals surface area contributed by atoms with E-state index in [1.807, 2.05) is 36.4 Å². The number of fused-ring (bicyclic) bond motifs is 1. The lowest BCUT2D eigenvalue weighted by atomic mass is 10.0. The van der Waals surface area contributed by atoms with E-state index in [9.17, 15) is 0 Å². The molecule has 1 aromatic heterocycles.